The number of rotatable bonds is 15. The number of unbranched alkanes of at least 4 members (excludes halogenated alkanes) is 3. The lowest BCUT2D eigenvalue weighted by atomic mass is 10.2. The number of carbonyl (C=O) groups excluding carboxylic acids is 2. The molecule has 14 nitrogen and oxygen atoms in total. The summed E-state index contributed by atoms with van der Waals surface area (Å²) in [6, 6.07) is 16.6. The predicted molar refractivity (Wildman–Crippen MR) is 238 cm³/mol. The van der Waals surface area contributed by atoms with E-state index < -0.39 is 0 Å². The number of carbonyl (C=O) groups is 2. The molecule has 0 aliphatic heterocycles. The Bertz CT molecular complexity index is 2090. The summed E-state index contributed by atoms with van der Waals surface area (Å²) in [7, 11) is 0. The van der Waals surface area contributed by atoms with Crippen molar-refractivity contribution in [3.8, 4) is 0 Å². The van der Waals surface area contributed by atoms with E-state index in [2.05, 4.69) is 52.7 Å². The monoisotopic (exact) mass is 852 g/mol. The van der Waals surface area contributed by atoms with Gasteiger partial charge in [0.05, 0.1) is 40.1 Å². The first kappa shape index (κ1) is 46.3. The zero-order chi connectivity index (χ0) is 40.3. The highest BCUT2D eigenvalue weighted by Crippen LogP contribution is 2.29. The number of halogens is 2. The third kappa shape index (κ3) is 15.4. The fourth-order valence-corrected chi connectivity index (χ4v) is 6.74. The highest BCUT2D eigenvalue weighted by Gasteiger charge is 2.15. The lowest BCUT2D eigenvalue weighted by Crippen LogP contribution is -2.11. The molecule has 0 atom stereocenters. The molecule has 0 unspecified atom stereocenters. The highest BCUT2D eigenvalue weighted by molar-refractivity contribution is 7.17. The van der Waals surface area contributed by atoms with Crippen molar-refractivity contribution in [2.24, 2.45) is 5.73 Å². The average molecular weight is 854 g/mol. The number of amides is 2. The third-order valence-corrected chi connectivity index (χ3v) is 10.3. The van der Waals surface area contributed by atoms with Crippen LogP contribution in [0.5, 0.6) is 0 Å². The molecule has 2 aromatic carbocycles. The van der Waals surface area contributed by atoms with Gasteiger partial charge in [-0.15, -0.1) is 0 Å². The van der Waals surface area contributed by atoms with E-state index in [4.69, 9.17) is 34.7 Å². The molecule has 0 radical (unpaired) electrons. The summed E-state index contributed by atoms with van der Waals surface area (Å²) in [5.74, 6) is 0.979. The average Bonchev–Trinajstić information content (AvgIpc) is 3.98. The van der Waals surface area contributed by atoms with Crippen molar-refractivity contribution >= 4 is 91.0 Å². The van der Waals surface area contributed by atoms with Crippen molar-refractivity contribution in [2.75, 3.05) is 40.1 Å². The van der Waals surface area contributed by atoms with Crippen LogP contribution in [0, 0.1) is 13.8 Å². The van der Waals surface area contributed by atoms with Crippen molar-refractivity contribution < 1.29 is 9.59 Å². The first-order chi connectivity index (χ1) is 27.1. The number of benzene rings is 2. The minimum absolute atomic E-state index is 0. The van der Waals surface area contributed by atoms with E-state index in [1.54, 1.807) is 12.1 Å². The van der Waals surface area contributed by atoms with Gasteiger partial charge in [0.1, 0.15) is 21.4 Å². The fourth-order valence-electron chi connectivity index (χ4n) is 4.90. The van der Waals surface area contributed by atoms with Crippen molar-refractivity contribution in [3.63, 3.8) is 0 Å². The third-order valence-electron chi connectivity index (χ3n) is 7.90. The van der Waals surface area contributed by atoms with Crippen molar-refractivity contribution in [1.29, 1.82) is 0 Å². The van der Waals surface area contributed by atoms with Crippen LogP contribution in [0.1, 0.15) is 69.5 Å². The number of nitrogens with one attached hydrogen (secondary N) is 4. The Labute approximate surface area is 351 Å². The van der Waals surface area contributed by atoms with Crippen LogP contribution in [-0.2, 0) is 6.54 Å². The maximum Gasteiger partial charge on any atom is 0.267 e. The number of imidazole rings is 1. The molecule has 304 valence electrons. The molecule has 0 bridgehead atoms. The molecule has 57 heavy (non-hydrogen) atoms. The molecular weight excluding hydrogens is 804 g/mol. The molecule has 6 aromatic rings. The molecule has 0 saturated heterocycles. The van der Waals surface area contributed by atoms with E-state index in [1.165, 1.54) is 36.6 Å². The van der Waals surface area contributed by atoms with E-state index in [0.29, 0.717) is 47.3 Å². The number of aromatic nitrogens is 5. The molecule has 18 heteroatoms. The van der Waals surface area contributed by atoms with Gasteiger partial charge in [-0.05, 0) is 75.0 Å². The van der Waals surface area contributed by atoms with E-state index in [9.17, 15) is 9.59 Å². The van der Waals surface area contributed by atoms with E-state index in [-0.39, 0.29) is 18.0 Å². The zero-order valence-electron chi connectivity index (χ0n) is 32.2. The Morgan fingerprint density at radius 1 is 0.807 bits per heavy atom. The van der Waals surface area contributed by atoms with Crippen LogP contribution >= 0.6 is 45.9 Å². The number of hydrogen-bond donors (Lipinski definition) is 7. The first-order valence-corrected chi connectivity index (χ1v) is 20.4. The second-order valence-electron chi connectivity index (χ2n) is 12.3. The van der Waals surface area contributed by atoms with Crippen LogP contribution in [0.4, 0.5) is 33.3 Å². The number of hydrogen-bond acceptors (Lipinski definition) is 13. The number of anilines is 6. The van der Waals surface area contributed by atoms with Gasteiger partial charge in [0.15, 0.2) is 10.3 Å². The lowest BCUT2D eigenvalue weighted by molar-refractivity contribution is 0.102. The number of nitrogens with zero attached hydrogens (tertiary/aromatic N) is 5. The molecule has 0 fully saturated rings. The topological polar surface area (TPSA) is 226 Å². The Kier molecular flexibility index (Phi) is 19.9. The highest BCUT2D eigenvalue weighted by atomic mass is 35.5. The molecule has 11 N–H and O–H groups in total. The molecule has 4 heterocycles. The fraction of sp³-hybridized carbons (Fsp3) is 0.282. The number of nitrogens with two attached hydrogens (primary N) is 2. The standard InChI is InChI=1S/C20H22ClN5OS.C11H10ClN3OS.C8H15N3.H3N/c1-3-4-11-22-16-9-6-10-17(24-16)25-20-23-12-15(28-20)19(27)26-18-13(2)7-5-8-14(18)21;1-6-3-2-4-7(12)9(6)15-10(16)8-5-14-11(13)17-8;9-4-2-1-3-6-11-7-5-10-8-11;/h5-10,12H,3-4,11H2,1-2H3,(H,26,27)(H2,22,23,24,25);2-5H,1H3,(H2,13,14)(H,15,16);5,7-8H,1-4,6,9H2;1H3. The smallest absolute Gasteiger partial charge is 0.267 e. The van der Waals surface area contributed by atoms with Gasteiger partial charge in [0, 0.05) is 25.5 Å². The SMILES string of the molecule is CCCCNc1cccc(Nc2ncc(C(=O)Nc3c(C)cccc3Cl)s2)n1.Cc1cccc(Cl)c1NC(=O)c1cnc(N)s1.N.NCCCCCn1ccnc1. The van der Waals surface area contributed by atoms with Crippen molar-refractivity contribution in [1.82, 2.24) is 30.7 Å². The maximum atomic E-state index is 12.5. The Balaban J connectivity index is 0.000000254. The summed E-state index contributed by atoms with van der Waals surface area (Å²) in [6.07, 6.45) is 14.4. The summed E-state index contributed by atoms with van der Waals surface area (Å²) in [6.45, 7) is 8.69. The minimum atomic E-state index is -0.254. The van der Waals surface area contributed by atoms with Crippen LogP contribution in [0.2, 0.25) is 10.0 Å². The molecule has 0 aliphatic carbocycles. The number of para-hydroxylation sites is 2. The minimum Gasteiger partial charge on any atom is -0.375 e. The summed E-state index contributed by atoms with van der Waals surface area (Å²) >= 11 is 14.6. The lowest BCUT2D eigenvalue weighted by Gasteiger charge is -2.09. The van der Waals surface area contributed by atoms with Gasteiger partial charge < -0.3 is 43.5 Å². The Hall–Kier alpha value is -5.10. The Morgan fingerprint density at radius 2 is 1.42 bits per heavy atom. The van der Waals surface area contributed by atoms with Gasteiger partial charge in [-0.3, -0.25) is 9.59 Å². The zero-order valence-corrected chi connectivity index (χ0v) is 35.4. The molecule has 0 spiro atoms. The van der Waals surface area contributed by atoms with Gasteiger partial charge >= 0.3 is 0 Å². The number of thiazole rings is 2. The van der Waals surface area contributed by atoms with Crippen LogP contribution in [0.15, 0.2) is 85.7 Å². The molecule has 0 saturated carbocycles. The maximum absolute atomic E-state index is 12.5. The van der Waals surface area contributed by atoms with Gasteiger partial charge in [0.2, 0.25) is 0 Å². The predicted octanol–water partition coefficient (Wildman–Crippen LogP) is 9.82. The molecule has 6 rings (SSSR count). The van der Waals surface area contributed by atoms with Gasteiger partial charge in [-0.25, -0.2) is 19.9 Å². The van der Waals surface area contributed by atoms with Crippen LogP contribution < -0.4 is 38.9 Å². The summed E-state index contributed by atoms with van der Waals surface area (Å²) < 4.78 is 2.09. The molecule has 2 amide bonds. The summed E-state index contributed by atoms with van der Waals surface area (Å²) in [4.78, 5) is 41.9. The van der Waals surface area contributed by atoms with Gasteiger partial charge in [0.25, 0.3) is 11.8 Å². The summed E-state index contributed by atoms with van der Waals surface area (Å²) in [5.41, 5.74) is 13.9. The quantitative estimate of drug-likeness (QED) is 0.0481. The van der Waals surface area contributed by atoms with Crippen LogP contribution in [0.3, 0.4) is 0 Å². The van der Waals surface area contributed by atoms with Crippen molar-refractivity contribution in [2.45, 2.75) is 59.4 Å². The molecule has 4 aromatic heterocycles. The van der Waals surface area contributed by atoms with E-state index in [1.807, 2.05) is 75.0 Å². The molecular formula is C39H50Cl2N12O2S2. The van der Waals surface area contributed by atoms with Gasteiger partial charge in [-0.2, -0.15) is 0 Å². The molecule has 0 aliphatic rings. The van der Waals surface area contributed by atoms with E-state index >= 15 is 0 Å². The summed E-state index contributed by atoms with van der Waals surface area (Å²) in [5, 5.41) is 14.0. The number of pyridine rings is 1. The normalized spacial score (nSPS) is 10.2. The first-order valence-electron chi connectivity index (χ1n) is 18.0. The number of aryl methyl sites for hydroxylation is 3. The largest absolute Gasteiger partial charge is 0.375 e. The van der Waals surface area contributed by atoms with Crippen molar-refractivity contribution in [3.05, 3.63) is 117 Å². The van der Waals surface area contributed by atoms with Gasteiger partial charge in [-0.1, -0.05) is 96.0 Å². The second kappa shape index (κ2) is 24.5. The van der Waals surface area contributed by atoms with E-state index in [0.717, 1.165) is 67.2 Å². The van der Waals surface area contributed by atoms with Crippen LogP contribution in [0.25, 0.3) is 0 Å². The second-order valence-corrected chi connectivity index (χ2v) is 15.2. The number of nitrogen functional groups attached to an aromatic ring is 1. The van der Waals surface area contributed by atoms with Crippen LogP contribution in [-0.4, -0.2) is 49.4 Å². The Morgan fingerprint density at radius 3 is 1.98 bits per heavy atom.